The summed E-state index contributed by atoms with van der Waals surface area (Å²) in [6.45, 7) is 0. The van der Waals surface area contributed by atoms with Gasteiger partial charge >= 0.3 is 0 Å². The molecule has 0 aliphatic heterocycles. The van der Waals surface area contributed by atoms with E-state index in [2.05, 4.69) is 4.98 Å². The first-order valence-electron chi connectivity index (χ1n) is 5.38. The van der Waals surface area contributed by atoms with Crippen molar-refractivity contribution in [2.45, 2.75) is 0 Å². The highest BCUT2D eigenvalue weighted by molar-refractivity contribution is 5.79. The molecule has 0 radical (unpaired) electrons. The number of aromatic nitrogens is 2. The molecule has 17 heavy (non-hydrogen) atoms. The average molecular weight is 222 g/mol. The summed E-state index contributed by atoms with van der Waals surface area (Å²) < 4.78 is 1.53. The van der Waals surface area contributed by atoms with Crippen molar-refractivity contribution in [2.75, 3.05) is 0 Å². The molecule has 1 aromatic carbocycles. The van der Waals surface area contributed by atoms with Gasteiger partial charge in [-0.15, -0.1) is 0 Å². The van der Waals surface area contributed by atoms with Gasteiger partial charge in [0.25, 0.3) is 5.56 Å². The second kappa shape index (κ2) is 3.87. The predicted octanol–water partition coefficient (Wildman–Crippen LogP) is 2.39. The summed E-state index contributed by atoms with van der Waals surface area (Å²) in [5.41, 5.74) is 0.816. The van der Waals surface area contributed by atoms with Crippen molar-refractivity contribution < 1.29 is 0 Å². The van der Waals surface area contributed by atoms with E-state index in [1.54, 1.807) is 12.3 Å². The Morgan fingerprint density at radius 2 is 1.71 bits per heavy atom. The van der Waals surface area contributed by atoms with Crippen molar-refractivity contribution in [3.8, 4) is 5.82 Å². The smallest absolute Gasteiger partial charge is 0.256 e. The number of para-hydroxylation sites is 1. The number of hydrogen-bond acceptors (Lipinski definition) is 2. The Bertz CT molecular complexity index is 731. The maximum Gasteiger partial charge on any atom is 0.256 e. The quantitative estimate of drug-likeness (QED) is 0.633. The van der Waals surface area contributed by atoms with Crippen LogP contribution in [0, 0.1) is 0 Å². The minimum absolute atomic E-state index is 0.0738. The fourth-order valence-electron chi connectivity index (χ4n) is 1.81. The van der Waals surface area contributed by atoms with Crippen LogP contribution in [0.2, 0.25) is 0 Å². The second-order valence-corrected chi connectivity index (χ2v) is 3.77. The van der Waals surface area contributed by atoms with Gasteiger partial charge in [0.15, 0.2) is 0 Å². The molecular formula is C14H10N2O. The maximum atomic E-state index is 11.7. The third-order valence-electron chi connectivity index (χ3n) is 2.65. The molecule has 0 aliphatic rings. The molecule has 0 aliphatic carbocycles. The number of hydrogen-bond donors (Lipinski definition) is 0. The van der Waals surface area contributed by atoms with Crippen LogP contribution in [0.1, 0.15) is 0 Å². The summed E-state index contributed by atoms with van der Waals surface area (Å²) in [5, 5.41) is 1.07. The third-order valence-corrected chi connectivity index (χ3v) is 2.65. The molecule has 0 N–H and O–H groups in total. The van der Waals surface area contributed by atoms with Gasteiger partial charge in [-0.1, -0.05) is 24.3 Å². The molecule has 0 fully saturated rings. The molecule has 3 nitrogen and oxygen atoms in total. The fourth-order valence-corrected chi connectivity index (χ4v) is 1.81. The van der Waals surface area contributed by atoms with Gasteiger partial charge in [0.05, 0.1) is 5.52 Å². The normalized spacial score (nSPS) is 10.6. The Balaban J connectivity index is 2.25. The zero-order valence-corrected chi connectivity index (χ0v) is 9.08. The predicted molar refractivity (Wildman–Crippen MR) is 67.3 cm³/mol. The van der Waals surface area contributed by atoms with Crippen LogP contribution < -0.4 is 5.56 Å². The molecule has 3 rings (SSSR count). The van der Waals surface area contributed by atoms with Crippen LogP contribution in [0.4, 0.5) is 0 Å². The van der Waals surface area contributed by atoms with E-state index < -0.39 is 0 Å². The monoisotopic (exact) mass is 222 g/mol. The molecule has 2 heterocycles. The lowest BCUT2D eigenvalue weighted by Crippen LogP contribution is -2.16. The first-order chi connectivity index (χ1) is 8.34. The maximum absolute atomic E-state index is 11.7. The minimum atomic E-state index is -0.0738. The fraction of sp³-hybridized carbons (Fsp3) is 0. The molecule has 0 saturated carbocycles. The zero-order chi connectivity index (χ0) is 11.7. The van der Waals surface area contributed by atoms with Crippen molar-refractivity contribution in [3.63, 3.8) is 0 Å². The molecule has 82 valence electrons. The summed E-state index contributed by atoms with van der Waals surface area (Å²) in [4.78, 5) is 16.1. The van der Waals surface area contributed by atoms with E-state index in [9.17, 15) is 4.79 Å². The summed E-state index contributed by atoms with van der Waals surface area (Å²) in [6, 6.07) is 16.7. The lowest BCUT2D eigenvalue weighted by molar-refractivity contribution is 0.950. The lowest BCUT2D eigenvalue weighted by atomic mass is 10.2. The highest BCUT2D eigenvalue weighted by atomic mass is 16.1. The molecule has 0 saturated heterocycles. The van der Waals surface area contributed by atoms with Crippen LogP contribution in [-0.2, 0) is 0 Å². The van der Waals surface area contributed by atoms with Crippen molar-refractivity contribution in [1.82, 2.24) is 9.55 Å². The molecule has 0 spiro atoms. The highest BCUT2D eigenvalue weighted by Crippen LogP contribution is 2.13. The number of rotatable bonds is 1. The van der Waals surface area contributed by atoms with Crippen molar-refractivity contribution in [2.24, 2.45) is 0 Å². The molecule has 0 atom stereocenters. The average Bonchev–Trinajstić information content (AvgIpc) is 2.39. The van der Waals surface area contributed by atoms with Crippen LogP contribution in [0.3, 0.4) is 0 Å². The minimum Gasteiger partial charge on any atom is -0.269 e. The molecular weight excluding hydrogens is 212 g/mol. The van der Waals surface area contributed by atoms with Gasteiger partial charge in [0.2, 0.25) is 0 Å². The molecule has 0 bridgehead atoms. The van der Waals surface area contributed by atoms with Crippen LogP contribution in [-0.4, -0.2) is 9.55 Å². The van der Waals surface area contributed by atoms with E-state index in [-0.39, 0.29) is 5.56 Å². The van der Waals surface area contributed by atoms with Crippen LogP contribution in [0.5, 0.6) is 0 Å². The van der Waals surface area contributed by atoms with Gasteiger partial charge in [-0.3, -0.25) is 9.36 Å². The largest absolute Gasteiger partial charge is 0.269 e. The van der Waals surface area contributed by atoms with Crippen LogP contribution in [0.25, 0.3) is 16.7 Å². The molecule has 0 amide bonds. The van der Waals surface area contributed by atoms with Crippen molar-refractivity contribution in [3.05, 3.63) is 71.1 Å². The third kappa shape index (κ3) is 1.72. The SMILES string of the molecule is O=c1ccccn1-c1ccc2ccccc2n1. The van der Waals surface area contributed by atoms with E-state index in [0.29, 0.717) is 5.82 Å². The van der Waals surface area contributed by atoms with E-state index in [4.69, 9.17) is 0 Å². The first kappa shape index (κ1) is 9.78. The van der Waals surface area contributed by atoms with Crippen molar-refractivity contribution >= 4 is 10.9 Å². The van der Waals surface area contributed by atoms with Gasteiger partial charge in [-0.05, 0) is 24.3 Å². The van der Waals surface area contributed by atoms with Crippen molar-refractivity contribution in [1.29, 1.82) is 0 Å². The number of fused-ring (bicyclic) bond motifs is 1. The van der Waals surface area contributed by atoms with Gasteiger partial charge in [-0.2, -0.15) is 0 Å². The van der Waals surface area contributed by atoms with E-state index in [0.717, 1.165) is 10.9 Å². The van der Waals surface area contributed by atoms with Gasteiger partial charge in [-0.25, -0.2) is 4.98 Å². The molecule has 3 heteroatoms. The molecule has 0 unspecified atom stereocenters. The number of pyridine rings is 2. The topological polar surface area (TPSA) is 34.9 Å². The Hall–Kier alpha value is -2.42. The van der Waals surface area contributed by atoms with Gasteiger partial charge in [0, 0.05) is 17.6 Å². The summed E-state index contributed by atoms with van der Waals surface area (Å²) in [7, 11) is 0. The second-order valence-electron chi connectivity index (χ2n) is 3.77. The summed E-state index contributed by atoms with van der Waals surface area (Å²) in [6.07, 6.45) is 1.72. The zero-order valence-electron chi connectivity index (χ0n) is 9.08. The van der Waals surface area contributed by atoms with Gasteiger partial charge < -0.3 is 0 Å². The van der Waals surface area contributed by atoms with E-state index >= 15 is 0 Å². The Kier molecular flexibility index (Phi) is 2.22. The van der Waals surface area contributed by atoms with E-state index in [1.165, 1.54) is 10.6 Å². The first-order valence-corrected chi connectivity index (χ1v) is 5.38. The summed E-state index contributed by atoms with van der Waals surface area (Å²) >= 11 is 0. The Labute approximate surface area is 98.0 Å². The van der Waals surface area contributed by atoms with Gasteiger partial charge in [0.1, 0.15) is 5.82 Å². The number of benzene rings is 1. The molecule has 2 aromatic heterocycles. The lowest BCUT2D eigenvalue weighted by Gasteiger charge is -2.05. The molecule has 3 aromatic rings. The van der Waals surface area contributed by atoms with Crippen LogP contribution in [0.15, 0.2) is 65.6 Å². The Morgan fingerprint density at radius 1 is 0.882 bits per heavy atom. The van der Waals surface area contributed by atoms with Crippen LogP contribution >= 0.6 is 0 Å². The number of nitrogens with zero attached hydrogens (tertiary/aromatic N) is 2. The summed E-state index contributed by atoms with van der Waals surface area (Å²) in [5.74, 6) is 0.648. The van der Waals surface area contributed by atoms with E-state index in [1.807, 2.05) is 42.5 Å². The standard InChI is InChI=1S/C14H10N2O/c17-14-7-3-4-10-16(14)13-9-8-11-5-1-2-6-12(11)15-13/h1-10H. The highest BCUT2D eigenvalue weighted by Gasteiger charge is 2.00. The Morgan fingerprint density at radius 3 is 2.59 bits per heavy atom.